The van der Waals surface area contributed by atoms with Crippen LogP contribution in [0.2, 0.25) is 0 Å². The molecule has 0 aromatic carbocycles. The minimum absolute atomic E-state index is 0.0316. The molecule has 0 bridgehead atoms. The van der Waals surface area contributed by atoms with Crippen molar-refractivity contribution in [2.24, 2.45) is 5.92 Å². The molecule has 1 aliphatic heterocycles. The lowest BCUT2D eigenvalue weighted by Crippen LogP contribution is -2.36. The van der Waals surface area contributed by atoms with Crippen LogP contribution < -0.4 is 4.74 Å². The smallest absolute Gasteiger partial charge is 0.309 e. The maximum Gasteiger partial charge on any atom is 0.309 e. The number of carbonyl (C=O) groups excluding carboxylic acids is 1. The molecule has 1 fully saturated rings. The maximum absolute atomic E-state index is 11.7. The van der Waals surface area contributed by atoms with Crippen LogP contribution in [0.25, 0.3) is 0 Å². The van der Waals surface area contributed by atoms with E-state index in [0.717, 1.165) is 38.2 Å². The summed E-state index contributed by atoms with van der Waals surface area (Å²) in [4.78, 5) is 15.3. The van der Waals surface area contributed by atoms with E-state index in [2.05, 4.69) is 10.3 Å². The van der Waals surface area contributed by atoms with E-state index >= 15 is 0 Å². The monoisotopic (exact) mass is 283 g/mol. The van der Waals surface area contributed by atoms with Crippen LogP contribution in [0.5, 0.6) is 5.75 Å². The van der Waals surface area contributed by atoms with E-state index in [1.54, 1.807) is 18.4 Å². The molecule has 1 aromatic rings. The minimum atomic E-state index is -0.0316. The van der Waals surface area contributed by atoms with Gasteiger partial charge in [0.25, 0.3) is 0 Å². The molecule has 0 amide bonds. The molecule has 1 aromatic heterocycles. The lowest BCUT2D eigenvalue weighted by molar-refractivity contribution is -0.149. The molecule has 0 unspecified atom stereocenters. The van der Waals surface area contributed by atoms with Crippen molar-refractivity contribution in [3.63, 3.8) is 0 Å². The van der Waals surface area contributed by atoms with Crippen LogP contribution in [0.4, 0.5) is 0 Å². The van der Waals surface area contributed by atoms with Gasteiger partial charge in [0.05, 0.1) is 24.5 Å². The summed E-state index contributed by atoms with van der Waals surface area (Å²) in [6, 6.07) is 2.01. The van der Waals surface area contributed by atoms with Gasteiger partial charge >= 0.3 is 5.97 Å². The summed E-state index contributed by atoms with van der Waals surface area (Å²) in [6.07, 6.45) is 1.79. The number of ether oxygens (including phenoxy) is 2. The van der Waals surface area contributed by atoms with Gasteiger partial charge < -0.3 is 9.47 Å². The van der Waals surface area contributed by atoms with Crippen molar-refractivity contribution in [1.82, 2.24) is 4.90 Å². The molecule has 0 saturated carbocycles. The number of piperidine rings is 1. The molecule has 0 spiro atoms. The predicted molar refractivity (Wildman–Crippen MR) is 75.5 cm³/mol. The highest BCUT2D eigenvalue weighted by Crippen LogP contribution is 2.28. The molecule has 0 N–H and O–H groups in total. The molecular weight excluding hydrogens is 262 g/mol. The lowest BCUT2D eigenvalue weighted by atomic mass is 9.97. The number of carbonyl (C=O) groups is 1. The van der Waals surface area contributed by atoms with E-state index in [9.17, 15) is 4.79 Å². The van der Waals surface area contributed by atoms with Crippen molar-refractivity contribution in [3.8, 4) is 5.75 Å². The van der Waals surface area contributed by atoms with Crippen LogP contribution in [0.15, 0.2) is 11.4 Å². The Morgan fingerprint density at radius 2 is 2.21 bits per heavy atom. The largest absolute Gasteiger partial charge is 0.496 e. The van der Waals surface area contributed by atoms with E-state index in [4.69, 9.17) is 9.47 Å². The average molecular weight is 283 g/mol. The highest BCUT2D eigenvalue weighted by molar-refractivity contribution is 7.10. The summed E-state index contributed by atoms with van der Waals surface area (Å²) in [6.45, 7) is 5.15. The third kappa shape index (κ3) is 3.70. The van der Waals surface area contributed by atoms with E-state index in [0.29, 0.717) is 6.61 Å². The Morgan fingerprint density at radius 1 is 1.47 bits per heavy atom. The first-order valence-corrected chi connectivity index (χ1v) is 7.62. The zero-order chi connectivity index (χ0) is 13.7. The van der Waals surface area contributed by atoms with E-state index in [-0.39, 0.29) is 11.9 Å². The van der Waals surface area contributed by atoms with Crippen molar-refractivity contribution in [3.05, 3.63) is 16.3 Å². The number of hydrogen-bond donors (Lipinski definition) is 0. The number of nitrogens with zero attached hydrogens (tertiary/aromatic N) is 1. The second kappa shape index (κ2) is 6.91. The molecule has 2 heterocycles. The Bertz CT molecular complexity index is 411. The fourth-order valence-electron chi connectivity index (χ4n) is 2.42. The first kappa shape index (κ1) is 14.3. The molecule has 106 valence electrons. The van der Waals surface area contributed by atoms with Gasteiger partial charge in [0, 0.05) is 6.54 Å². The zero-order valence-electron chi connectivity index (χ0n) is 11.6. The molecule has 1 aliphatic rings. The summed E-state index contributed by atoms with van der Waals surface area (Å²) in [7, 11) is 1.71. The third-order valence-electron chi connectivity index (χ3n) is 3.50. The molecule has 0 aliphatic carbocycles. The maximum atomic E-state index is 11.7. The van der Waals surface area contributed by atoms with Crippen molar-refractivity contribution in [2.75, 3.05) is 26.8 Å². The first-order chi connectivity index (χ1) is 9.24. The van der Waals surface area contributed by atoms with Gasteiger partial charge in [-0.05, 0) is 44.3 Å². The first-order valence-electron chi connectivity index (χ1n) is 6.74. The molecule has 0 radical (unpaired) electrons. The third-order valence-corrected chi connectivity index (χ3v) is 4.39. The minimum Gasteiger partial charge on any atom is -0.496 e. The summed E-state index contributed by atoms with van der Waals surface area (Å²) in [5, 5.41) is 2.06. The van der Waals surface area contributed by atoms with Gasteiger partial charge in [-0.3, -0.25) is 9.69 Å². The summed E-state index contributed by atoms with van der Waals surface area (Å²) in [5.74, 6) is 1.02. The zero-order valence-corrected chi connectivity index (χ0v) is 12.4. The van der Waals surface area contributed by atoms with Crippen LogP contribution in [0.3, 0.4) is 0 Å². The number of hydrogen-bond acceptors (Lipinski definition) is 5. The second-order valence-corrected chi connectivity index (χ2v) is 5.72. The normalized spacial score (nSPS) is 17.4. The van der Waals surface area contributed by atoms with E-state index in [1.807, 2.05) is 13.0 Å². The van der Waals surface area contributed by atoms with Crippen LogP contribution in [0, 0.1) is 5.92 Å². The number of methoxy groups -OCH3 is 1. The van der Waals surface area contributed by atoms with Gasteiger partial charge in [-0.25, -0.2) is 0 Å². The molecule has 4 nitrogen and oxygen atoms in total. The van der Waals surface area contributed by atoms with Gasteiger partial charge in [-0.15, -0.1) is 11.3 Å². The molecular formula is C14H21NO3S. The van der Waals surface area contributed by atoms with Crippen molar-refractivity contribution in [2.45, 2.75) is 26.3 Å². The van der Waals surface area contributed by atoms with E-state index < -0.39 is 0 Å². The van der Waals surface area contributed by atoms with Gasteiger partial charge in [-0.2, -0.15) is 0 Å². The van der Waals surface area contributed by atoms with Gasteiger partial charge in [0.15, 0.2) is 0 Å². The highest BCUT2D eigenvalue weighted by atomic mass is 32.1. The average Bonchev–Trinajstić information content (AvgIpc) is 2.87. The van der Waals surface area contributed by atoms with Gasteiger partial charge in [-0.1, -0.05) is 0 Å². The molecule has 0 atom stereocenters. The Morgan fingerprint density at radius 3 is 2.84 bits per heavy atom. The quantitative estimate of drug-likeness (QED) is 0.778. The SMILES string of the molecule is CCOC(=O)C1CCN(Cc2sccc2OC)CC1. The fraction of sp³-hybridized carbons (Fsp3) is 0.643. The summed E-state index contributed by atoms with van der Waals surface area (Å²) >= 11 is 1.72. The summed E-state index contributed by atoms with van der Waals surface area (Å²) in [5.41, 5.74) is 0. The van der Waals surface area contributed by atoms with Crippen molar-refractivity contribution >= 4 is 17.3 Å². The lowest BCUT2D eigenvalue weighted by Gasteiger charge is -2.30. The van der Waals surface area contributed by atoms with Gasteiger partial charge in [0.2, 0.25) is 0 Å². The van der Waals surface area contributed by atoms with Crippen molar-refractivity contribution in [1.29, 1.82) is 0 Å². The van der Waals surface area contributed by atoms with E-state index in [1.165, 1.54) is 4.88 Å². The Kier molecular flexibility index (Phi) is 5.22. The Balaban J connectivity index is 1.82. The molecule has 19 heavy (non-hydrogen) atoms. The second-order valence-electron chi connectivity index (χ2n) is 4.71. The Labute approximate surface area is 118 Å². The molecule has 5 heteroatoms. The number of likely N-dealkylation sites (tertiary alicyclic amines) is 1. The highest BCUT2D eigenvalue weighted by Gasteiger charge is 2.26. The van der Waals surface area contributed by atoms with Crippen LogP contribution in [-0.4, -0.2) is 37.7 Å². The van der Waals surface area contributed by atoms with Crippen LogP contribution >= 0.6 is 11.3 Å². The van der Waals surface area contributed by atoms with Gasteiger partial charge in [0.1, 0.15) is 5.75 Å². The topological polar surface area (TPSA) is 38.8 Å². The fourth-order valence-corrected chi connectivity index (χ4v) is 3.30. The predicted octanol–water partition coefficient (Wildman–Crippen LogP) is 2.53. The standard InChI is InChI=1S/C14H21NO3S/c1-3-18-14(16)11-4-7-15(8-5-11)10-13-12(17-2)6-9-19-13/h6,9,11H,3-5,7-8,10H2,1-2H3. The van der Waals surface area contributed by atoms with Crippen LogP contribution in [-0.2, 0) is 16.1 Å². The number of thiophene rings is 1. The Hall–Kier alpha value is -1.07. The summed E-state index contributed by atoms with van der Waals surface area (Å²) < 4.78 is 10.4. The number of rotatable bonds is 5. The van der Waals surface area contributed by atoms with Crippen molar-refractivity contribution < 1.29 is 14.3 Å². The van der Waals surface area contributed by atoms with Crippen LogP contribution in [0.1, 0.15) is 24.6 Å². The molecule has 1 saturated heterocycles. The number of esters is 1. The molecule has 2 rings (SSSR count).